The second-order valence-electron chi connectivity index (χ2n) is 7.84. The maximum atomic E-state index is 9.23. The van der Waals surface area contributed by atoms with Crippen LogP contribution in [-0.4, -0.2) is 74.6 Å². The van der Waals surface area contributed by atoms with Gasteiger partial charge in [0.25, 0.3) is 0 Å². The molecule has 160 valence electrons. The lowest BCUT2D eigenvalue weighted by molar-refractivity contribution is 0.150. The van der Waals surface area contributed by atoms with E-state index in [1.54, 1.807) is 0 Å². The SMILES string of the molecule is CCCC(CCO)CN=C(NCC)NC1CCN(CC2CCOC2)CC1.I. The number of aliphatic imine (C=N–C) groups is 1. The number of likely N-dealkylation sites (tertiary alicyclic amines) is 1. The number of guanidine groups is 1. The first-order valence-corrected chi connectivity index (χ1v) is 10.7. The summed E-state index contributed by atoms with van der Waals surface area (Å²) < 4.78 is 5.50. The molecule has 0 spiro atoms. The normalized spacial score (nSPS) is 23.1. The van der Waals surface area contributed by atoms with Crippen molar-refractivity contribution in [2.24, 2.45) is 16.8 Å². The predicted molar refractivity (Wildman–Crippen MR) is 123 cm³/mol. The van der Waals surface area contributed by atoms with Crippen molar-refractivity contribution >= 4 is 29.9 Å². The van der Waals surface area contributed by atoms with Gasteiger partial charge in [-0.05, 0) is 50.9 Å². The molecule has 0 aromatic rings. The average Bonchev–Trinajstić information content (AvgIpc) is 3.15. The van der Waals surface area contributed by atoms with Crippen LogP contribution in [-0.2, 0) is 4.74 Å². The Kier molecular flexibility index (Phi) is 13.7. The number of piperidine rings is 1. The molecule has 27 heavy (non-hydrogen) atoms. The first-order valence-electron chi connectivity index (χ1n) is 10.7. The highest BCUT2D eigenvalue weighted by molar-refractivity contribution is 14.0. The van der Waals surface area contributed by atoms with Gasteiger partial charge in [0, 0.05) is 52.0 Å². The Balaban J connectivity index is 0.00000364. The van der Waals surface area contributed by atoms with E-state index < -0.39 is 0 Å². The fraction of sp³-hybridized carbons (Fsp3) is 0.950. The summed E-state index contributed by atoms with van der Waals surface area (Å²) in [6.07, 6.45) is 6.70. The minimum absolute atomic E-state index is 0. The molecule has 0 aromatic heterocycles. The fourth-order valence-corrected chi connectivity index (χ4v) is 4.00. The van der Waals surface area contributed by atoms with E-state index in [1.807, 2.05) is 0 Å². The van der Waals surface area contributed by atoms with Crippen molar-refractivity contribution in [3.63, 3.8) is 0 Å². The van der Waals surface area contributed by atoms with Crippen molar-refractivity contribution in [3.8, 4) is 0 Å². The third kappa shape index (κ3) is 9.76. The van der Waals surface area contributed by atoms with Crippen LogP contribution in [0.15, 0.2) is 4.99 Å². The van der Waals surface area contributed by atoms with Gasteiger partial charge in [0.05, 0.1) is 6.61 Å². The molecular weight excluding hydrogens is 455 g/mol. The summed E-state index contributed by atoms with van der Waals surface area (Å²) in [6, 6.07) is 0.506. The van der Waals surface area contributed by atoms with E-state index in [0.717, 1.165) is 70.5 Å². The van der Waals surface area contributed by atoms with Crippen molar-refractivity contribution in [2.45, 2.75) is 58.4 Å². The lowest BCUT2D eigenvalue weighted by Gasteiger charge is -2.34. The third-order valence-corrected chi connectivity index (χ3v) is 5.55. The molecule has 2 unspecified atom stereocenters. The molecule has 2 aliphatic rings. The Bertz CT molecular complexity index is 391. The van der Waals surface area contributed by atoms with Gasteiger partial charge in [-0.15, -0.1) is 24.0 Å². The Labute approximate surface area is 182 Å². The molecule has 3 N–H and O–H groups in total. The monoisotopic (exact) mass is 496 g/mol. The largest absolute Gasteiger partial charge is 0.396 e. The van der Waals surface area contributed by atoms with Gasteiger partial charge in [-0.1, -0.05) is 13.3 Å². The minimum Gasteiger partial charge on any atom is -0.396 e. The average molecular weight is 496 g/mol. The van der Waals surface area contributed by atoms with Crippen LogP contribution in [0, 0.1) is 11.8 Å². The van der Waals surface area contributed by atoms with Crippen LogP contribution in [0.4, 0.5) is 0 Å². The van der Waals surface area contributed by atoms with E-state index in [4.69, 9.17) is 9.73 Å². The summed E-state index contributed by atoms with van der Waals surface area (Å²) in [5.74, 6) is 2.16. The summed E-state index contributed by atoms with van der Waals surface area (Å²) in [4.78, 5) is 7.40. The number of halogens is 1. The molecule has 2 rings (SSSR count). The van der Waals surface area contributed by atoms with E-state index in [0.29, 0.717) is 12.0 Å². The Morgan fingerprint density at radius 1 is 1.22 bits per heavy atom. The zero-order valence-electron chi connectivity index (χ0n) is 17.3. The maximum Gasteiger partial charge on any atom is 0.191 e. The topological polar surface area (TPSA) is 69.1 Å². The van der Waals surface area contributed by atoms with Crippen molar-refractivity contribution in [3.05, 3.63) is 0 Å². The van der Waals surface area contributed by atoms with Crippen LogP contribution in [0.5, 0.6) is 0 Å². The van der Waals surface area contributed by atoms with Crippen molar-refractivity contribution in [1.82, 2.24) is 15.5 Å². The molecule has 6 nitrogen and oxygen atoms in total. The lowest BCUT2D eigenvalue weighted by atomic mass is 10.0. The standard InChI is InChI=1S/C20H40N4O2.HI/c1-3-5-17(8-12-25)14-22-20(21-4-2)23-19-6-10-24(11-7-19)15-18-9-13-26-16-18;/h17-19,25H,3-16H2,1-2H3,(H2,21,22,23);1H. The predicted octanol–water partition coefficient (Wildman–Crippen LogP) is 2.46. The van der Waals surface area contributed by atoms with Crippen molar-refractivity contribution < 1.29 is 9.84 Å². The van der Waals surface area contributed by atoms with Gasteiger partial charge < -0.3 is 25.4 Å². The number of rotatable bonds is 10. The van der Waals surface area contributed by atoms with Gasteiger partial charge in [0.2, 0.25) is 0 Å². The molecule has 0 aliphatic carbocycles. The molecule has 2 heterocycles. The van der Waals surface area contributed by atoms with Gasteiger partial charge in [0.1, 0.15) is 0 Å². The molecule has 0 aromatic carbocycles. The molecule has 2 fully saturated rings. The van der Waals surface area contributed by atoms with Gasteiger partial charge in [-0.3, -0.25) is 4.99 Å². The van der Waals surface area contributed by atoms with E-state index in [-0.39, 0.29) is 30.6 Å². The number of hydrogen-bond donors (Lipinski definition) is 3. The third-order valence-electron chi connectivity index (χ3n) is 5.55. The quantitative estimate of drug-likeness (QED) is 0.246. The number of ether oxygens (including phenoxy) is 1. The number of nitrogens with one attached hydrogen (secondary N) is 2. The van der Waals surface area contributed by atoms with Crippen LogP contribution < -0.4 is 10.6 Å². The van der Waals surface area contributed by atoms with Gasteiger partial charge in [-0.2, -0.15) is 0 Å². The van der Waals surface area contributed by atoms with Gasteiger partial charge in [-0.25, -0.2) is 0 Å². The van der Waals surface area contributed by atoms with Crippen molar-refractivity contribution in [1.29, 1.82) is 0 Å². The first-order chi connectivity index (χ1) is 12.7. The second-order valence-corrected chi connectivity index (χ2v) is 7.84. The zero-order valence-corrected chi connectivity index (χ0v) is 19.6. The Morgan fingerprint density at radius 2 is 2.00 bits per heavy atom. The van der Waals surface area contributed by atoms with Crippen molar-refractivity contribution in [2.75, 3.05) is 52.5 Å². The number of nitrogens with zero attached hydrogens (tertiary/aromatic N) is 2. The Morgan fingerprint density at radius 3 is 2.59 bits per heavy atom. The van der Waals surface area contributed by atoms with Crippen LogP contribution in [0.3, 0.4) is 0 Å². The summed E-state index contributed by atoms with van der Waals surface area (Å²) in [6.45, 7) is 11.7. The second kappa shape index (κ2) is 14.8. The fourth-order valence-electron chi connectivity index (χ4n) is 4.00. The first kappa shape index (κ1) is 24.9. The Hall–Kier alpha value is -0.120. The molecule has 0 saturated carbocycles. The van der Waals surface area contributed by atoms with Crippen LogP contribution in [0.25, 0.3) is 0 Å². The van der Waals surface area contributed by atoms with Crippen LogP contribution in [0.1, 0.15) is 52.4 Å². The lowest BCUT2D eigenvalue weighted by Crippen LogP contribution is -2.49. The number of aliphatic hydroxyl groups excluding tert-OH is 1. The van der Waals surface area contributed by atoms with Gasteiger partial charge >= 0.3 is 0 Å². The summed E-state index contributed by atoms with van der Waals surface area (Å²) in [7, 11) is 0. The summed E-state index contributed by atoms with van der Waals surface area (Å²) >= 11 is 0. The van der Waals surface area contributed by atoms with E-state index in [2.05, 4.69) is 29.4 Å². The maximum absolute atomic E-state index is 9.23. The molecule has 2 atom stereocenters. The molecular formula is C20H41IN4O2. The molecule has 7 heteroatoms. The van der Waals surface area contributed by atoms with E-state index >= 15 is 0 Å². The molecule has 0 radical (unpaired) electrons. The van der Waals surface area contributed by atoms with Gasteiger partial charge in [0.15, 0.2) is 5.96 Å². The highest BCUT2D eigenvalue weighted by atomic mass is 127. The van der Waals surface area contributed by atoms with Crippen LogP contribution >= 0.6 is 24.0 Å². The number of aliphatic hydroxyl groups is 1. The molecule has 0 bridgehead atoms. The molecule has 2 saturated heterocycles. The van der Waals surface area contributed by atoms with E-state index in [1.165, 1.54) is 25.8 Å². The van der Waals surface area contributed by atoms with Crippen LogP contribution in [0.2, 0.25) is 0 Å². The zero-order chi connectivity index (χ0) is 18.6. The summed E-state index contributed by atoms with van der Waals surface area (Å²) in [5, 5.41) is 16.2. The smallest absolute Gasteiger partial charge is 0.191 e. The molecule has 2 aliphatic heterocycles. The highest BCUT2D eigenvalue weighted by Crippen LogP contribution is 2.18. The van der Waals surface area contributed by atoms with E-state index in [9.17, 15) is 5.11 Å². The molecule has 0 amide bonds. The number of hydrogen-bond acceptors (Lipinski definition) is 4. The highest BCUT2D eigenvalue weighted by Gasteiger charge is 2.24. The summed E-state index contributed by atoms with van der Waals surface area (Å²) in [5.41, 5.74) is 0. The minimum atomic E-state index is 0.